The maximum Gasteiger partial charge on any atom is 0.317 e. The van der Waals surface area contributed by atoms with Gasteiger partial charge in [0.2, 0.25) is 0 Å². The average molecular weight is 2060 g/mol. The van der Waals surface area contributed by atoms with Crippen LogP contribution in [0.3, 0.4) is 0 Å². The Balaban J connectivity index is -0.000000834. The van der Waals surface area contributed by atoms with Gasteiger partial charge in [-0.05, 0) is 155 Å². The minimum absolute atomic E-state index is 0.0330. The molecule has 0 fully saturated rings. The summed E-state index contributed by atoms with van der Waals surface area (Å²) in [6.45, 7) is 89.3. The van der Waals surface area contributed by atoms with Gasteiger partial charge in [0.25, 0.3) is 0 Å². The molecule has 0 bridgehead atoms. The topological polar surface area (TPSA) is 254 Å². The first kappa shape index (κ1) is 138. The molecular weight excluding hydrogens is 1830 g/mol. The summed E-state index contributed by atoms with van der Waals surface area (Å²) in [4.78, 5) is 0. The second-order valence-corrected chi connectivity index (χ2v) is 107. The number of ether oxygens (including phenoxy) is 6. The Labute approximate surface area is 821 Å². The van der Waals surface area contributed by atoms with Gasteiger partial charge in [0, 0.05) is 72.3 Å². The first-order chi connectivity index (χ1) is 60.4. The van der Waals surface area contributed by atoms with Gasteiger partial charge in [-0.2, -0.15) is 0 Å². The Kier molecular flexibility index (Phi) is 75.8. The van der Waals surface area contributed by atoms with Crippen molar-refractivity contribution in [2.45, 2.75) is 477 Å². The normalized spacial score (nSPS) is 14.7. The van der Waals surface area contributed by atoms with Crippen molar-refractivity contribution in [3.63, 3.8) is 0 Å². The van der Waals surface area contributed by atoms with E-state index in [1.54, 1.807) is 0 Å². The first-order valence-corrected chi connectivity index (χ1v) is 90.7. The van der Waals surface area contributed by atoms with Crippen LogP contribution in [0, 0.1) is 33.5 Å². The summed E-state index contributed by atoms with van der Waals surface area (Å²) in [7, 11) is -18.3. The predicted octanol–water partition coefficient (Wildman–Crippen LogP) is 27.3. The zero-order valence-corrected chi connectivity index (χ0v) is 106. The fraction of sp³-hybridized carbons (Fsp3) is 1.00. The van der Waals surface area contributed by atoms with Gasteiger partial charge in [0.15, 0.2) is 33.3 Å². The Morgan fingerprint density at radius 3 is 0.554 bits per heavy atom. The monoisotopic (exact) mass is 2060 g/mol. The van der Waals surface area contributed by atoms with E-state index >= 15 is 0 Å². The molecule has 0 aromatic carbocycles. The number of aliphatic hydroxyl groups excluding tert-OH is 8. The third-order valence-corrected chi connectivity index (χ3v) is 77.3. The molecule has 0 aromatic heterocycles. The van der Waals surface area contributed by atoms with Crippen molar-refractivity contribution < 1.29 is 85.7 Å². The molecule has 4 atom stereocenters. The van der Waals surface area contributed by atoms with Crippen LogP contribution in [0.1, 0.15) is 226 Å². The molecule has 0 saturated heterocycles. The molecular formula is C100H232O18Si12. The number of rotatable bonds is 82. The standard InChI is InChI=1S/C31H76O6Si6.C29H64O4Si2.C23H52O4Si2.C17H40O4Si2/c1-27(29(3)42(17,34-38(5,6)7)35-39(8,9)10)21-19-23-31(25-32,26-33)24-20-22-28(2)30(4)43(18,36-40(11,12)13)37-41(14,15)16;1-7-17-34(18-8-2,19-9-3)23-13-15-32-27-29(25-30,26-31)28-33-16-14-24-35(20-10-4,21-11-5)22-12-6;1-7-28(8-2,9-3)17-13-15-26-21-23(19-24,20-25)22-27-16-14-18-29(10-4,11-5)12-6;1-22(2,3)11-7-9-20-15-17(13-18,14-19)16-21-10-8-12-23(4,5)6/h27-30,32-33H,19-26H2,1-18H3;30-31H,7-28H2,1-6H3;24-25H,7-22H2,1-6H3;18-19H,7-16H2,1-6H3. The molecule has 0 spiro atoms. The van der Waals surface area contributed by atoms with Gasteiger partial charge in [0.05, 0.1) is 141 Å². The Hall–Kier alpha value is 1.88. The minimum atomic E-state index is -2.38. The molecule has 0 rings (SSSR count). The van der Waals surface area contributed by atoms with Crippen LogP contribution >= 0.6 is 0 Å². The molecule has 4 unspecified atom stereocenters. The maximum atomic E-state index is 10.5. The van der Waals surface area contributed by atoms with Crippen molar-refractivity contribution >= 4 is 98.8 Å². The molecule has 18 nitrogen and oxygen atoms in total. The lowest BCUT2D eigenvalue weighted by Crippen LogP contribution is -2.56. The van der Waals surface area contributed by atoms with Crippen LogP contribution in [-0.2, 0) is 44.9 Å². The molecule has 0 aliphatic rings. The van der Waals surface area contributed by atoms with E-state index in [2.05, 4.69) is 242 Å². The summed E-state index contributed by atoms with van der Waals surface area (Å²) < 4.78 is 62.7. The van der Waals surface area contributed by atoms with E-state index in [9.17, 15) is 40.9 Å². The summed E-state index contributed by atoms with van der Waals surface area (Å²) >= 11 is 0. The molecule has 0 saturated carbocycles. The van der Waals surface area contributed by atoms with Crippen molar-refractivity contribution in [1.29, 1.82) is 0 Å². The molecule has 0 radical (unpaired) electrons. The highest BCUT2D eigenvalue weighted by Gasteiger charge is 2.49. The largest absolute Gasteiger partial charge is 0.436 e. The SMILES string of the molecule is CC(CCCC(CO)(CO)CCCC(C)C(C)[Si](C)(O[Si](C)(C)C)O[Si](C)(C)C)C(C)[Si](C)(O[Si](C)(C)C)O[Si](C)(C)C.CCC[Si](CCC)(CCC)CCCOCC(CO)(CO)COCCC[Si](CCC)(CCC)CCC.CC[Si](CC)(CC)CCCOCC(CO)(CO)COCCC[Si](CC)(CC)CC.C[Si](C)(C)CCCOCC(CO)(CO)COCCC[Si](C)(C)C. The number of hydrogen-bond donors (Lipinski definition) is 8. The molecule has 30 heteroatoms. The predicted molar refractivity (Wildman–Crippen MR) is 597 cm³/mol. The zero-order valence-electron chi connectivity index (χ0n) is 93.6. The quantitative estimate of drug-likeness (QED) is 0.0208. The third-order valence-electron chi connectivity index (χ3n) is 28.9. The van der Waals surface area contributed by atoms with Crippen LogP contribution in [0.4, 0.5) is 0 Å². The Bertz CT molecular complexity index is 2380. The lowest BCUT2D eigenvalue weighted by atomic mass is 9.78. The van der Waals surface area contributed by atoms with Crippen molar-refractivity contribution in [3.8, 4) is 0 Å². The van der Waals surface area contributed by atoms with Crippen LogP contribution in [0.25, 0.3) is 0 Å². The van der Waals surface area contributed by atoms with Gasteiger partial charge in [-0.25, -0.2) is 0 Å². The van der Waals surface area contributed by atoms with Crippen LogP contribution in [0.15, 0.2) is 0 Å². The van der Waals surface area contributed by atoms with Gasteiger partial charge in [-0.15, -0.1) is 0 Å². The molecule has 0 aliphatic carbocycles. The smallest absolute Gasteiger partial charge is 0.317 e. The Morgan fingerprint density at radius 2 is 0.400 bits per heavy atom. The molecule has 0 amide bonds. The highest BCUT2D eigenvalue weighted by molar-refractivity contribution is 6.89. The molecule has 0 aromatic rings. The van der Waals surface area contributed by atoms with Crippen molar-refractivity contribution in [1.82, 2.24) is 0 Å². The van der Waals surface area contributed by atoms with Crippen molar-refractivity contribution in [2.24, 2.45) is 33.5 Å². The molecule has 8 N–H and O–H groups in total. The highest BCUT2D eigenvalue weighted by Crippen LogP contribution is 2.43. The average Bonchev–Trinajstić information content (AvgIpc) is 0.804. The fourth-order valence-corrected chi connectivity index (χ4v) is 66.3. The highest BCUT2D eigenvalue weighted by atomic mass is 28.5. The molecule has 788 valence electrons. The van der Waals surface area contributed by atoms with Crippen LogP contribution in [0.2, 0.25) is 251 Å². The number of aliphatic hydroxyl groups is 8. The summed E-state index contributed by atoms with van der Waals surface area (Å²) in [5.41, 5.74) is -1.71. The lowest BCUT2D eigenvalue weighted by molar-refractivity contribution is -0.0769. The molecule has 130 heavy (non-hydrogen) atoms. The van der Waals surface area contributed by atoms with Gasteiger partial charge in [-0.3, -0.25) is 0 Å². The first-order valence-electron chi connectivity index (χ1n) is 53.5. The van der Waals surface area contributed by atoms with E-state index < -0.39 is 120 Å². The van der Waals surface area contributed by atoms with Gasteiger partial charge >= 0.3 is 17.1 Å². The summed E-state index contributed by atoms with van der Waals surface area (Å²) in [5.74, 6) is 0.918. The van der Waals surface area contributed by atoms with E-state index in [1.165, 1.54) is 147 Å². The van der Waals surface area contributed by atoms with E-state index in [-0.39, 0.29) is 52.9 Å². The van der Waals surface area contributed by atoms with Crippen molar-refractivity contribution in [2.75, 3.05) is 132 Å². The van der Waals surface area contributed by atoms with Crippen LogP contribution < -0.4 is 0 Å². The van der Waals surface area contributed by atoms with E-state index in [0.717, 1.165) is 90.3 Å². The third kappa shape index (κ3) is 62.4. The van der Waals surface area contributed by atoms with Crippen molar-refractivity contribution in [3.05, 3.63) is 0 Å². The van der Waals surface area contributed by atoms with E-state index in [0.29, 0.717) is 89.0 Å². The maximum absolute atomic E-state index is 10.5. The Morgan fingerprint density at radius 1 is 0.223 bits per heavy atom. The fourth-order valence-electron chi connectivity index (χ4n) is 19.9. The summed E-state index contributed by atoms with van der Waals surface area (Å²) in [5, 5.41) is 80.1. The molecule has 0 heterocycles. The minimum Gasteiger partial charge on any atom is -0.436 e. The summed E-state index contributed by atoms with van der Waals surface area (Å²) in [6, 6.07) is 24.6. The summed E-state index contributed by atoms with van der Waals surface area (Å²) in [6.07, 6.45) is 20.1. The lowest BCUT2D eigenvalue weighted by Gasteiger charge is -2.44. The van der Waals surface area contributed by atoms with Gasteiger partial charge in [0.1, 0.15) is 0 Å². The van der Waals surface area contributed by atoms with Crippen LogP contribution in [0.5, 0.6) is 0 Å². The second kappa shape index (κ2) is 71.4. The zero-order chi connectivity index (χ0) is 101. The van der Waals surface area contributed by atoms with Crippen LogP contribution in [-0.4, -0.2) is 272 Å². The second-order valence-electron chi connectivity index (χ2n) is 48.2. The van der Waals surface area contributed by atoms with Gasteiger partial charge < -0.3 is 85.7 Å². The van der Waals surface area contributed by atoms with Gasteiger partial charge in [-0.1, -0.05) is 323 Å². The van der Waals surface area contributed by atoms with E-state index in [4.69, 9.17) is 44.9 Å². The number of hydrogen-bond acceptors (Lipinski definition) is 18. The van der Waals surface area contributed by atoms with E-state index in [1.807, 2.05) is 0 Å². The molecule has 0 aliphatic heterocycles.